The van der Waals surface area contributed by atoms with E-state index in [1.54, 1.807) is 6.07 Å². The van der Waals surface area contributed by atoms with Crippen LogP contribution in [0.3, 0.4) is 0 Å². The number of hydrogen-bond acceptors (Lipinski definition) is 2. The number of halogens is 2. The van der Waals surface area contributed by atoms with Gasteiger partial charge in [-0.25, -0.2) is 4.79 Å². The van der Waals surface area contributed by atoms with Crippen LogP contribution in [0.25, 0.3) is 0 Å². The summed E-state index contributed by atoms with van der Waals surface area (Å²) in [6, 6.07) is 5.12. The Morgan fingerprint density at radius 1 is 1.24 bits per heavy atom. The van der Waals surface area contributed by atoms with Crippen LogP contribution in [0.2, 0.25) is 10.0 Å². The Kier molecular flexibility index (Phi) is 5.91. The second-order valence-electron chi connectivity index (χ2n) is 5.10. The first-order valence-electron chi connectivity index (χ1n) is 6.85. The van der Waals surface area contributed by atoms with E-state index < -0.39 is 0 Å². The quantitative estimate of drug-likeness (QED) is 0.728. The van der Waals surface area contributed by atoms with Gasteiger partial charge in [0.15, 0.2) is 0 Å². The van der Waals surface area contributed by atoms with Gasteiger partial charge in [0.2, 0.25) is 0 Å². The maximum Gasteiger partial charge on any atom is 0.315 e. The van der Waals surface area contributed by atoms with Crippen LogP contribution in [0.15, 0.2) is 30.4 Å². The highest BCUT2D eigenvalue weighted by molar-refractivity contribution is 6.34. The van der Waals surface area contributed by atoms with Crippen molar-refractivity contribution in [2.45, 2.75) is 18.9 Å². The summed E-state index contributed by atoms with van der Waals surface area (Å²) < 4.78 is 0. The van der Waals surface area contributed by atoms with Crippen LogP contribution in [0, 0.1) is 5.92 Å². The highest BCUT2D eigenvalue weighted by Gasteiger charge is 2.19. The molecule has 6 heteroatoms. The fraction of sp³-hybridized carbons (Fsp3) is 0.400. The standard InChI is InChI=1S/C15H18Cl2N2O2/c16-12-5-10(6-13(17)8-12)3-4-18-15(21)19-14-2-1-11(7-14)9-20/h1-2,5-6,8,11,14,20H,3-4,7,9H2,(H2,18,19,21)/t11-,14+/m0/s1. The lowest BCUT2D eigenvalue weighted by Crippen LogP contribution is -2.41. The molecule has 21 heavy (non-hydrogen) atoms. The molecule has 0 aromatic heterocycles. The van der Waals surface area contributed by atoms with Gasteiger partial charge in [-0.1, -0.05) is 35.4 Å². The zero-order chi connectivity index (χ0) is 15.2. The van der Waals surface area contributed by atoms with Gasteiger partial charge < -0.3 is 15.7 Å². The molecule has 0 saturated carbocycles. The second kappa shape index (κ2) is 7.69. The van der Waals surface area contributed by atoms with Crippen molar-refractivity contribution in [2.24, 2.45) is 5.92 Å². The summed E-state index contributed by atoms with van der Waals surface area (Å²) in [5.41, 5.74) is 0.980. The second-order valence-corrected chi connectivity index (χ2v) is 5.97. The fourth-order valence-corrected chi connectivity index (χ4v) is 2.88. The number of aliphatic hydroxyl groups excluding tert-OH is 1. The van der Waals surface area contributed by atoms with Crippen LogP contribution in [-0.4, -0.2) is 30.3 Å². The minimum Gasteiger partial charge on any atom is -0.396 e. The van der Waals surface area contributed by atoms with Crippen molar-refractivity contribution < 1.29 is 9.90 Å². The molecule has 1 aliphatic rings. The lowest BCUT2D eigenvalue weighted by molar-refractivity contribution is 0.231. The summed E-state index contributed by atoms with van der Waals surface area (Å²) in [6.45, 7) is 0.619. The van der Waals surface area contributed by atoms with E-state index in [0.29, 0.717) is 23.0 Å². The van der Waals surface area contributed by atoms with Gasteiger partial charge in [-0.05, 0) is 36.6 Å². The monoisotopic (exact) mass is 328 g/mol. The SMILES string of the molecule is O=C(NCCc1cc(Cl)cc(Cl)c1)N[C@@H]1C=C[C@H](CO)C1. The van der Waals surface area contributed by atoms with Gasteiger partial charge >= 0.3 is 6.03 Å². The first-order valence-corrected chi connectivity index (χ1v) is 7.61. The van der Waals surface area contributed by atoms with Crippen molar-refractivity contribution in [1.82, 2.24) is 10.6 Å². The van der Waals surface area contributed by atoms with Crippen molar-refractivity contribution in [1.29, 1.82) is 0 Å². The van der Waals surface area contributed by atoms with Gasteiger partial charge in [-0.2, -0.15) is 0 Å². The molecular formula is C15H18Cl2N2O2. The van der Waals surface area contributed by atoms with Gasteiger partial charge in [0.05, 0.1) is 0 Å². The number of rotatable bonds is 5. The summed E-state index contributed by atoms with van der Waals surface area (Å²) in [4.78, 5) is 11.7. The smallest absolute Gasteiger partial charge is 0.315 e. The molecule has 1 aliphatic carbocycles. The number of benzene rings is 1. The molecule has 0 bridgehead atoms. The fourth-order valence-electron chi connectivity index (χ4n) is 2.31. The number of hydrogen-bond donors (Lipinski definition) is 3. The summed E-state index contributed by atoms with van der Waals surface area (Å²) in [7, 11) is 0. The molecule has 0 aliphatic heterocycles. The van der Waals surface area contributed by atoms with E-state index in [2.05, 4.69) is 10.6 Å². The molecule has 2 amide bonds. The maximum atomic E-state index is 11.7. The molecule has 3 N–H and O–H groups in total. The zero-order valence-corrected chi connectivity index (χ0v) is 13.0. The topological polar surface area (TPSA) is 61.4 Å². The van der Waals surface area contributed by atoms with Gasteiger partial charge in [0.25, 0.3) is 0 Å². The maximum absolute atomic E-state index is 11.7. The van der Waals surface area contributed by atoms with Crippen molar-refractivity contribution >= 4 is 29.2 Å². The molecule has 0 unspecified atom stereocenters. The predicted molar refractivity (Wildman–Crippen MR) is 84.8 cm³/mol. The van der Waals surface area contributed by atoms with Gasteiger partial charge in [0.1, 0.15) is 0 Å². The Balaban J connectivity index is 1.71. The summed E-state index contributed by atoms with van der Waals surface area (Å²) in [5.74, 6) is 0.143. The van der Waals surface area contributed by atoms with Crippen molar-refractivity contribution in [3.8, 4) is 0 Å². The van der Waals surface area contributed by atoms with Gasteiger partial charge in [0, 0.05) is 35.2 Å². The third-order valence-corrected chi connectivity index (χ3v) is 3.78. The van der Waals surface area contributed by atoms with Crippen LogP contribution < -0.4 is 10.6 Å². The number of carbonyl (C=O) groups excluding carboxylic acids is 1. The minimum absolute atomic E-state index is 0.0113. The Morgan fingerprint density at radius 2 is 1.95 bits per heavy atom. The first kappa shape index (κ1) is 16.1. The molecule has 4 nitrogen and oxygen atoms in total. The minimum atomic E-state index is -0.212. The lowest BCUT2D eigenvalue weighted by atomic mass is 10.1. The van der Waals surface area contributed by atoms with E-state index in [1.165, 1.54) is 0 Å². The number of amides is 2. The van der Waals surface area contributed by atoms with E-state index >= 15 is 0 Å². The third-order valence-electron chi connectivity index (χ3n) is 3.34. The average Bonchev–Trinajstić information content (AvgIpc) is 2.85. The largest absolute Gasteiger partial charge is 0.396 e. The highest BCUT2D eigenvalue weighted by atomic mass is 35.5. The molecule has 1 aromatic rings. The van der Waals surface area contributed by atoms with Crippen molar-refractivity contribution in [3.05, 3.63) is 46.0 Å². The highest BCUT2D eigenvalue weighted by Crippen LogP contribution is 2.19. The van der Waals surface area contributed by atoms with Crippen LogP contribution in [0.1, 0.15) is 12.0 Å². The average molecular weight is 329 g/mol. The Labute approximate surface area is 134 Å². The summed E-state index contributed by atoms with van der Waals surface area (Å²) in [6.07, 6.45) is 5.25. The number of aliphatic hydroxyl groups is 1. The predicted octanol–water partition coefficient (Wildman–Crippen LogP) is 2.77. The summed E-state index contributed by atoms with van der Waals surface area (Å²) >= 11 is 11.8. The molecule has 0 radical (unpaired) electrons. The lowest BCUT2D eigenvalue weighted by Gasteiger charge is -2.13. The van der Waals surface area contributed by atoms with E-state index in [4.69, 9.17) is 28.3 Å². The number of nitrogens with one attached hydrogen (secondary N) is 2. The zero-order valence-electron chi connectivity index (χ0n) is 11.5. The molecule has 2 rings (SSSR count). The Hall–Kier alpha value is -1.23. The molecule has 2 atom stereocenters. The number of urea groups is 1. The molecular weight excluding hydrogens is 311 g/mol. The molecule has 0 saturated heterocycles. The normalized spacial score (nSPS) is 20.5. The molecule has 0 fully saturated rings. The summed E-state index contributed by atoms with van der Waals surface area (Å²) in [5, 5.41) is 15.9. The Morgan fingerprint density at radius 3 is 2.57 bits per heavy atom. The first-order chi connectivity index (χ1) is 10.1. The molecule has 1 aromatic carbocycles. The van der Waals surface area contributed by atoms with Crippen LogP contribution in [0.4, 0.5) is 4.79 Å². The van der Waals surface area contributed by atoms with E-state index in [0.717, 1.165) is 12.0 Å². The molecule has 114 valence electrons. The molecule has 0 heterocycles. The van der Waals surface area contributed by atoms with Crippen LogP contribution >= 0.6 is 23.2 Å². The third kappa shape index (κ3) is 5.23. The van der Waals surface area contributed by atoms with Crippen LogP contribution in [0.5, 0.6) is 0 Å². The van der Waals surface area contributed by atoms with Gasteiger partial charge in [-0.15, -0.1) is 0 Å². The van der Waals surface area contributed by atoms with Gasteiger partial charge in [-0.3, -0.25) is 0 Å². The van der Waals surface area contributed by atoms with E-state index in [-0.39, 0.29) is 24.6 Å². The molecule has 0 spiro atoms. The number of carbonyl (C=O) groups is 1. The van der Waals surface area contributed by atoms with Crippen molar-refractivity contribution in [2.75, 3.05) is 13.2 Å². The van der Waals surface area contributed by atoms with Crippen molar-refractivity contribution in [3.63, 3.8) is 0 Å². The van der Waals surface area contributed by atoms with E-state index in [1.807, 2.05) is 24.3 Å². The van der Waals surface area contributed by atoms with E-state index in [9.17, 15) is 4.79 Å². The van der Waals surface area contributed by atoms with Crippen LogP contribution in [-0.2, 0) is 6.42 Å². The Bertz CT molecular complexity index is 514.